The molecule has 0 fully saturated rings. The molecule has 1 rings (SSSR count). The average molecular weight is 197 g/mol. The van der Waals surface area contributed by atoms with Gasteiger partial charge in [0.25, 0.3) is 0 Å². The van der Waals surface area contributed by atoms with Gasteiger partial charge in [0.05, 0.1) is 11.8 Å². The van der Waals surface area contributed by atoms with Gasteiger partial charge in [0.1, 0.15) is 0 Å². The zero-order chi connectivity index (χ0) is 10.6. The third-order valence-electron chi connectivity index (χ3n) is 2.23. The molecule has 1 heterocycles. The highest BCUT2D eigenvalue weighted by molar-refractivity contribution is 5.09. The van der Waals surface area contributed by atoms with Crippen molar-refractivity contribution in [1.82, 2.24) is 9.78 Å². The second-order valence-corrected chi connectivity index (χ2v) is 3.53. The summed E-state index contributed by atoms with van der Waals surface area (Å²) in [5.74, 6) is 0. The van der Waals surface area contributed by atoms with Gasteiger partial charge in [-0.3, -0.25) is 4.68 Å². The SMILES string of the molecule is CCn1nc(C)cc1CC(O)CCN. The van der Waals surface area contributed by atoms with Crippen molar-refractivity contribution in [2.45, 2.75) is 39.3 Å². The molecule has 1 atom stereocenters. The van der Waals surface area contributed by atoms with E-state index in [0.717, 1.165) is 17.9 Å². The number of rotatable bonds is 5. The fourth-order valence-corrected chi connectivity index (χ4v) is 1.57. The summed E-state index contributed by atoms with van der Waals surface area (Å²) in [6.45, 7) is 5.38. The Morgan fingerprint density at radius 1 is 1.64 bits per heavy atom. The van der Waals surface area contributed by atoms with Crippen molar-refractivity contribution >= 4 is 0 Å². The molecule has 0 saturated heterocycles. The lowest BCUT2D eigenvalue weighted by atomic mass is 10.1. The third-order valence-corrected chi connectivity index (χ3v) is 2.23. The third kappa shape index (κ3) is 2.82. The second-order valence-electron chi connectivity index (χ2n) is 3.53. The molecule has 0 aliphatic heterocycles. The lowest BCUT2D eigenvalue weighted by molar-refractivity contribution is 0.165. The molecule has 0 bridgehead atoms. The maximum Gasteiger partial charge on any atom is 0.0607 e. The molecule has 3 N–H and O–H groups in total. The van der Waals surface area contributed by atoms with Crippen molar-refractivity contribution in [1.29, 1.82) is 0 Å². The maximum atomic E-state index is 9.61. The van der Waals surface area contributed by atoms with Gasteiger partial charge in [-0.2, -0.15) is 5.10 Å². The molecule has 1 unspecified atom stereocenters. The smallest absolute Gasteiger partial charge is 0.0607 e. The first-order valence-corrected chi connectivity index (χ1v) is 5.08. The Balaban J connectivity index is 2.65. The minimum Gasteiger partial charge on any atom is -0.393 e. The maximum absolute atomic E-state index is 9.61. The highest BCUT2D eigenvalue weighted by Gasteiger charge is 2.09. The fraction of sp³-hybridized carbons (Fsp3) is 0.700. The molecule has 1 aromatic heterocycles. The second kappa shape index (κ2) is 5.12. The molecule has 1 aromatic rings. The molecule has 0 saturated carbocycles. The summed E-state index contributed by atoms with van der Waals surface area (Å²) < 4.78 is 1.93. The Labute approximate surface area is 84.7 Å². The average Bonchev–Trinajstić information content (AvgIpc) is 2.46. The molecule has 4 heteroatoms. The van der Waals surface area contributed by atoms with Crippen LogP contribution in [-0.4, -0.2) is 27.5 Å². The minimum absolute atomic E-state index is 0.346. The van der Waals surface area contributed by atoms with Crippen LogP contribution in [0.5, 0.6) is 0 Å². The van der Waals surface area contributed by atoms with Crippen LogP contribution in [0.15, 0.2) is 6.07 Å². The summed E-state index contributed by atoms with van der Waals surface area (Å²) in [5, 5.41) is 13.9. The molecule has 0 aliphatic rings. The minimum atomic E-state index is -0.346. The van der Waals surface area contributed by atoms with Crippen molar-refractivity contribution < 1.29 is 5.11 Å². The zero-order valence-corrected chi connectivity index (χ0v) is 8.90. The lowest BCUT2D eigenvalue weighted by Crippen LogP contribution is -2.18. The number of aliphatic hydroxyl groups excluding tert-OH is 1. The summed E-state index contributed by atoms with van der Waals surface area (Å²) in [6, 6.07) is 2.02. The van der Waals surface area contributed by atoms with Crippen LogP contribution in [0, 0.1) is 6.92 Å². The Hall–Kier alpha value is -0.870. The number of aliphatic hydroxyl groups is 1. The number of hydrogen-bond donors (Lipinski definition) is 2. The lowest BCUT2D eigenvalue weighted by Gasteiger charge is -2.09. The number of hydrogen-bond acceptors (Lipinski definition) is 3. The zero-order valence-electron chi connectivity index (χ0n) is 8.90. The van der Waals surface area contributed by atoms with Gasteiger partial charge in [0.2, 0.25) is 0 Å². The van der Waals surface area contributed by atoms with Crippen molar-refractivity contribution in [3.8, 4) is 0 Å². The fourth-order valence-electron chi connectivity index (χ4n) is 1.57. The predicted molar refractivity (Wildman–Crippen MR) is 56.0 cm³/mol. The van der Waals surface area contributed by atoms with Gasteiger partial charge in [-0.1, -0.05) is 0 Å². The van der Waals surface area contributed by atoms with E-state index in [1.807, 2.05) is 24.6 Å². The van der Waals surface area contributed by atoms with Crippen molar-refractivity contribution in [3.63, 3.8) is 0 Å². The van der Waals surface area contributed by atoms with Gasteiger partial charge in [-0.05, 0) is 32.9 Å². The highest BCUT2D eigenvalue weighted by atomic mass is 16.3. The molecule has 0 amide bonds. The monoisotopic (exact) mass is 197 g/mol. The normalized spacial score (nSPS) is 13.1. The molecular weight excluding hydrogens is 178 g/mol. The van der Waals surface area contributed by atoms with E-state index in [0.29, 0.717) is 19.4 Å². The van der Waals surface area contributed by atoms with E-state index in [2.05, 4.69) is 5.10 Å². The van der Waals surface area contributed by atoms with Crippen LogP contribution < -0.4 is 5.73 Å². The van der Waals surface area contributed by atoms with E-state index in [-0.39, 0.29) is 6.10 Å². The van der Waals surface area contributed by atoms with Crippen molar-refractivity contribution in [2.24, 2.45) is 5.73 Å². The van der Waals surface area contributed by atoms with Crippen molar-refractivity contribution in [2.75, 3.05) is 6.54 Å². The van der Waals surface area contributed by atoms with Gasteiger partial charge in [-0.25, -0.2) is 0 Å². The highest BCUT2D eigenvalue weighted by Crippen LogP contribution is 2.08. The number of aromatic nitrogens is 2. The Morgan fingerprint density at radius 3 is 2.93 bits per heavy atom. The summed E-state index contributed by atoms with van der Waals surface area (Å²) in [4.78, 5) is 0. The molecule has 14 heavy (non-hydrogen) atoms. The van der Waals surface area contributed by atoms with Crippen LogP contribution in [0.25, 0.3) is 0 Å². The number of nitrogens with zero attached hydrogens (tertiary/aromatic N) is 2. The standard InChI is InChI=1S/C10H19N3O/c1-3-13-9(6-8(2)12-13)7-10(14)4-5-11/h6,10,14H,3-5,7,11H2,1-2H3. The van der Waals surface area contributed by atoms with Crippen LogP contribution in [0.4, 0.5) is 0 Å². The van der Waals surface area contributed by atoms with Crippen LogP contribution in [0.2, 0.25) is 0 Å². The van der Waals surface area contributed by atoms with E-state index < -0.39 is 0 Å². The summed E-state index contributed by atoms with van der Waals surface area (Å²) in [7, 11) is 0. The molecule has 0 spiro atoms. The topological polar surface area (TPSA) is 64.1 Å². The molecule has 0 aromatic carbocycles. The van der Waals surface area contributed by atoms with Crippen LogP contribution >= 0.6 is 0 Å². The van der Waals surface area contributed by atoms with Gasteiger partial charge >= 0.3 is 0 Å². The molecule has 4 nitrogen and oxygen atoms in total. The van der Waals surface area contributed by atoms with E-state index in [1.165, 1.54) is 0 Å². The van der Waals surface area contributed by atoms with E-state index in [1.54, 1.807) is 0 Å². The van der Waals surface area contributed by atoms with Crippen molar-refractivity contribution in [3.05, 3.63) is 17.5 Å². The van der Waals surface area contributed by atoms with Crippen LogP contribution in [0.3, 0.4) is 0 Å². The van der Waals surface area contributed by atoms with E-state index in [9.17, 15) is 5.11 Å². The van der Waals surface area contributed by atoms with Crippen LogP contribution in [0.1, 0.15) is 24.7 Å². The first-order chi connectivity index (χ1) is 6.67. The Bertz CT molecular complexity index is 283. The molecule has 80 valence electrons. The first-order valence-electron chi connectivity index (χ1n) is 5.08. The quantitative estimate of drug-likeness (QED) is 0.721. The number of nitrogens with two attached hydrogens (primary N) is 1. The molecule has 0 aliphatic carbocycles. The first kappa shape index (κ1) is 11.2. The largest absolute Gasteiger partial charge is 0.393 e. The van der Waals surface area contributed by atoms with Gasteiger partial charge in [0, 0.05) is 18.7 Å². The predicted octanol–water partition coefficient (Wildman–Crippen LogP) is 0.464. The molecule has 0 radical (unpaired) electrons. The van der Waals surface area contributed by atoms with Gasteiger partial charge in [0.15, 0.2) is 0 Å². The summed E-state index contributed by atoms with van der Waals surface area (Å²) in [6.07, 6.45) is 0.946. The number of aryl methyl sites for hydroxylation is 2. The Morgan fingerprint density at radius 2 is 2.36 bits per heavy atom. The van der Waals surface area contributed by atoms with Crippen LogP contribution in [-0.2, 0) is 13.0 Å². The van der Waals surface area contributed by atoms with Gasteiger partial charge < -0.3 is 10.8 Å². The Kier molecular flexibility index (Phi) is 4.10. The summed E-state index contributed by atoms with van der Waals surface area (Å²) in [5.41, 5.74) is 7.47. The molecular formula is C10H19N3O. The van der Waals surface area contributed by atoms with Gasteiger partial charge in [-0.15, -0.1) is 0 Å². The summed E-state index contributed by atoms with van der Waals surface area (Å²) >= 11 is 0. The van der Waals surface area contributed by atoms with E-state index in [4.69, 9.17) is 5.73 Å². The van der Waals surface area contributed by atoms with E-state index >= 15 is 0 Å².